The Morgan fingerprint density at radius 3 is 2.80 bits per heavy atom. The molecule has 0 aromatic heterocycles. The number of halogens is 1. The van der Waals surface area contributed by atoms with Crippen LogP contribution < -0.4 is 5.32 Å². The fourth-order valence-electron chi connectivity index (χ4n) is 1.95. The molecule has 0 bridgehead atoms. The van der Waals surface area contributed by atoms with Crippen molar-refractivity contribution >= 4 is 24.1 Å². The molecule has 1 aromatic carbocycles. The van der Waals surface area contributed by atoms with Crippen LogP contribution in [0.25, 0.3) is 0 Å². The summed E-state index contributed by atoms with van der Waals surface area (Å²) in [7, 11) is 0. The van der Waals surface area contributed by atoms with E-state index in [1.807, 2.05) is 24.3 Å². The quantitative estimate of drug-likeness (QED) is 0.775. The molecule has 2 atom stereocenters. The summed E-state index contributed by atoms with van der Waals surface area (Å²) in [5.41, 5.74) is 2.17. The van der Waals surface area contributed by atoms with Gasteiger partial charge in [-0.15, -0.1) is 12.4 Å². The number of fused-ring (bicyclic) bond motifs is 1. The zero-order valence-electron chi connectivity index (χ0n) is 8.43. The van der Waals surface area contributed by atoms with Gasteiger partial charge in [0, 0.05) is 5.69 Å². The van der Waals surface area contributed by atoms with E-state index in [1.54, 1.807) is 0 Å². The Kier molecular flexibility index (Phi) is 3.58. The van der Waals surface area contributed by atoms with Gasteiger partial charge in [-0.25, -0.2) is 4.79 Å². The molecule has 1 aliphatic rings. The van der Waals surface area contributed by atoms with Crippen molar-refractivity contribution in [3.05, 3.63) is 29.8 Å². The van der Waals surface area contributed by atoms with Gasteiger partial charge in [-0.3, -0.25) is 0 Å². The minimum atomic E-state index is -0.772. The topological polar surface area (TPSA) is 49.3 Å². The minimum absolute atomic E-state index is 0. The fraction of sp³-hybridized carbons (Fsp3) is 0.364. The summed E-state index contributed by atoms with van der Waals surface area (Å²) in [4.78, 5) is 10.8. The number of para-hydroxylation sites is 1. The van der Waals surface area contributed by atoms with Gasteiger partial charge >= 0.3 is 5.97 Å². The van der Waals surface area contributed by atoms with Crippen LogP contribution in [0.1, 0.15) is 24.8 Å². The molecule has 4 heteroatoms. The summed E-state index contributed by atoms with van der Waals surface area (Å²) in [6.07, 6.45) is 0.659. The van der Waals surface area contributed by atoms with Crippen LogP contribution in [0.15, 0.2) is 24.3 Å². The molecule has 0 aliphatic carbocycles. The molecule has 0 unspecified atom stereocenters. The van der Waals surface area contributed by atoms with Gasteiger partial charge in [-0.1, -0.05) is 25.1 Å². The lowest BCUT2D eigenvalue weighted by Gasteiger charge is -2.28. The van der Waals surface area contributed by atoms with E-state index < -0.39 is 12.0 Å². The molecule has 0 radical (unpaired) electrons. The molecule has 1 aliphatic heterocycles. The predicted octanol–water partition coefficient (Wildman–Crippen LogP) is 2.48. The van der Waals surface area contributed by atoms with Crippen LogP contribution in [0.2, 0.25) is 0 Å². The number of nitrogens with one attached hydrogen (secondary N) is 1. The van der Waals surface area contributed by atoms with Gasteiger partial charge in [0.25, 0.3) is 0 Å². The molecule has 0 amide bonds. The molecule has 2 N–H and O–H groups in total. The Hall–Kier alpha value is -1.22. The maximum absolute atomic E-state index is 10.8. The van der Waals surface area contributed by atoms with Gasteiger partial charge in [0.15, 0.2) is 0 Å². The molecule has 2 rings (SSSR count). The number of benzene rings is 1. The van der Waals surface area contributed by atoms with Gasteiger partial charge in [0.2, 0.25) is 0 Å². The highest BCUT2D eigenvalue weighted by Crippen LogP contribution is 2.33. The number of anilines is 1. The first-order valence-electron chi connectivity index (χ1n) is 4.76. The molecule has 0 saturated carbocycles. The molecule has 0 spiro atoms. The summed E-state index contributed by atoms with van der Waals surface area (Å²) < 4.78 is 0. The molecular formula is C11H14ClNO2. The molecule has 0 fully saturated rings. The van der Waals surface area contributed by atoms with E-state index in [9.17, 15) is 4.79 Å². The smallest absolute Gasteiger partial charge is 0.326 e. The number of hydrogen-bond donors (Lipinski definition) is 2. The van der Waals surface area contributed by atoms with Crippen molar-refractivity contribution in [1.82, 2.24) is 0 Å². The number of aliphatic carboxylic acids is 1. The summed E-state index contributed by atoms with van der Waals surface area (Å²) in [6, 6.07) is 7.44. The van der Waals surface area contributed by atoms with E-state index in [2.05, 4.69) is 12.2 Å². The van der Waals surface area contributed by atoms with E-state index in [0.29, 0.717) is 12.3 Å². The van der Waals surface area contributed by atoms with Crippen LogP contribution in [0.4, 0.5) is 5.69 Å². The van der Waals surface area contributed by atoms with Crippen LogP contribution >= 0.6 is 12.4 Å². The van der Waals surface area contributed by atoms with Crippen LogP contribution in [0.5, 0.6) is 0 Å². The van der Waals surface area contributed by atoms with E-state index in [-0.39, 0.29) is 12.4 Å². The molecule has 82 valence electrons. The molecule has 1 aromatic rings. The highest BCUT2D eigenvalue weighted by Gasteiger charge is 2.27. The predicted molar refractivity (Wildman–Crippen MR) is 61.8 cm³/mol. The Labute approximate surface area is 94.9 Å². The standard InChI is InChI=1S/C11H13NO2.ClH/c1-7-6-10(11(13)14)12-9-5-3-2-4-8(7)9;/h2-5,7,10,12H,6H2,1H3,(H,13,14);1H/t7-,10-;/m0./s1. The fourth-order valence-corrected chi connectivity index (χ4v) is 1.95. The highest BCUT2D eigenvalue weighted by atomic mass is 35.5. The maximum Gasteiger partial charge on any atom is 0.326 e. The summed E-state index contributed by atoms with van der Waals surface area (Å²) in [5.74, 6) is -0.458. The van der Waals surface area contributed by atoms with E-state index in [4.69, 9.17) is 5.11 Å². The molecular weight excluding hydrogens is 214 g/mol. The second-order valence-electron chi connectivity index (χ2n) is 3.76. The lowest BCUT2D eigenvalue weighted by atomic mass is 9.88. The largest absolute Gasteiger partial charge is 0.480 e. The second kappa shape index (κ2) is 4.53. The molecule has 1 heterocycles. The van der Waals surface area contributed by atoms with Crippen molar-refractivity contribution in [2.75, 3.05) is 5.32 Å². The van der Waals surface area contributed by atoms with Gasteiger partial charge in [0.05, 0.1) is 0 Å². The zero-order chi connectivity index (χ0) is 10.1. The second-order valence-corrected chi connectivity index (χ2v) is 3.76. The van der Waals surface area contributed by atoms with Crippen molar-refractivity contribution in [3.63, 3.8) is 0 Å². The van der Waals surface area contributed by atoms with Crippen LogP contribution in [0.3, 0.4) is 0 Å². The van der Waals surface area contributed by atoms with Gasteiger partial charge < -0.3 is 10.4 Å². The third-order valence-electron chi connectivity index (χ3n) is 2.71. The SMILES string of the molecule is C[C@H]1C[C@@H](C(=O)O)Nc2ccccc21.Cl. The van der Waals surface area contributed by atoms with E-state index in [0.717, 1.165) is 5.69 Å². The molecule has 3 nitrogen and oxygen atoms in total. The maximum atomic E-state index is 10.8. The Morgan fingerprint density at radius 2 is 2.13 bits per heavy atom. The Morgan fingerprint density at radius 1 is 1.47 bits per heavy atom. The minimum Gasteiger partial charge on any atom is -0.480 e. The first-order chi connectivity index (χ1) is 6.68. The number of carboxylic acids is 1. The summed E-state index contributed by atoms with van der Waals surface area (Å²) in [6.45, 7) is 2.07. The van der Waals surface area contributed by atoms with Gasteiger partial charge in [0.1, 0.15) is 6.04 Å². The zero-order valence-corrected chi connectivity index (χ0v) is 9.25. The van der Waals surface area contributed by atoms with Crippen molar-refractivity contribution in [2.45, 2.75) is 25.3 Å². The van der Waals surface area contributed by atoms with Crippen LogP contribution in [-0.4, -0.2) is 17.1 Å². The van der Waals surface area contributed by atoms with Crippen LogP contribution in [0, 0.1) is 0 Å². The van der Waals surface area contributed by atoms with Gasteiger partial charge in [-0.2, -0.15) is 0 Å². The summed E-state index contributed by atoms with van der Waals surface area (Å²) >= 11 is 0. The van der Waals surface area contributed by atoms with Crippen LogP contribution in [-0.2, 0) is 4.79 Å². The first kappa shape index (κ1) is 11.9. The number of rotatable bonds is 1. The van der Waals surface area contributed by atoms with Crippen molar-refractivity contribution in [3.8, 4) is 0 Å². The molecule has 0 saturated heterocycles. The Balaban J connectivity index is 0.00000112. The lowest BCUT2D eigenvalue weighted by molar-refractivity contribution is -0.138. The van der Waals surface area contributed by atoms with Crippen molar-refractivity contribution in [1.29, 1.82) is 0 Å². The normalized spacial score (nSPS) is 23.3. The highest BCUT2D eigenvalue weighted by molar-refractivity contribution is 5.85. The average molecular weight is 228 g/mol. The number of carboxylic acid groups (broad SMARTS) is 1. The summed E-state index contributed by atoms with van der Waals surface area (Å²) in [5, 5.41) is 11.9. The van der Waals surface area contributed by atoms with Gasteiger partial charge in [-0.05, 0) is 24.0 Å². The average Bonchev–Trinajstić information content (AvgIpc) is 2.17. The number of carbonyl (C=O) groups is 1. The third-order valence-corrected chi connectivity index (χ3v) is 2.71. The van der Waals surface area contributed by atoms with Crippen molar-refractivity contribution < 1.29 is 9.90 Å². The van der Waals surface area contributed by atoms with Crippen molar-refractivity contribution in [2.24, 2.45) is 0 Å². The number of hydrogen-bond acceptors (Lipinski definition) is 2. The van der Waals surface area contributed by atoms with E-state index >= 15 is 0 Å². The first-order valence-corrected chi connectivity index (χ1v) is 4.76. The molecule has 15 heavy (non-hydrogen) atoms. The third kappa shape index (κ3) is 2.23. The van der Waals surface area contributed by atoms with E-state index in [1.165, 1.54) is 5.56 Å². The lowest BCUT2D eigenvalue weighted by Crippen LogP contribution is -2.34. The Bertz CT molecular complexity index is 367. The monoisotopic (exact) mass is 227 g/mol.